The van der Waals surface area contributed by atoms with Crippen molar-refractivity contribution in [2.75, 3.05) is 0 Å². The maximum Gasteiger partial charge on any atom is 0.148 e. The first-order chi connectivity index (χ1) is 15.3. The number of carbonyl (C=O) groups is 1. The number of hydrogen-bond acceptors (Lipinski definition) is 2. The summed E-state index contributed by atoms with van der Waals surface area (Å²) in [7, 11) is 0. The second-order valence-corrected chi connectivity index (χ2v) is 9.98. The summed E-state index contributed by atoms with van der Waals surface area (Å²) in [6.07, 6.45) is 35.5. The van der Waals surface area contributed by atoms with E-state index in [2.05, 4.69) is 6.92 Å². The van der Waals surface area contributed by atoms with Gasteiger partial charge < -0.3 is 9.90 Å². The molecular weight excluding hydrogens is 380 g/mol. The zero-order chi connectivity index (χ0) is 22.7. The van der Waals surface area contributed by atoms with Gasteiger partial charge in [-0.2, -0.15) is 0 Å². The van der Waals surface area contributed by atoms with E-state index in [0.717, 1.165) is 12.8 Å². The molecule has 0 aliphatic rings. The lowest BCUT2D eigenvalue weighted by atomic mass is 10.0. The largest absolute Gasteiger partial charge is 0.386 e. The molecule has 0 aromatic heterocycles. The molecule has 1 unspecified atom stereocenters. The number of hydrogen-bond donors (Lipinski definition) is 1. The Morgan fingerprint density at radius 3 is 0.903 bits per heavy atom. The maximum atomic E-state index is 10.3. The second kappa shape index (κ2) is 27.7. The van der Waals surface area contributed by atoms with Crippen LogP contribution < -0.4 is 0 Å². The molecule has 0 saturated carbocycles. The zero-order valence-corrected chi connectivity index (χ0v) is 21.4. The van der Waals surface area contributed by atoms with Gasteiger partial charge in [0.1, 0.15) is 12.4 Å². The second-order valence-electron chi connectivity index (χ2n) is 9.98. The fourth-order valence-corrected chi connectivity index (χ4v) is 4.56. The highest BCUT2D eigenvalue weighted by molar-refractivity contribution is 5.55. The average Bonchev–Trinajstić information content (AvgIpc) is 2.78. The first kappa shape index (κ1) is 30.6. The Morgan fingerprint density at radius 1 is 0.452 bits per heavy atom. The Morgan fingerprint density at radius 2 is 0.677 bits per heavy atom. The number of aliphatic hydroxyl groups is 1. The molecule has 0 heterocycles. The van der Waals surface area contributed by atoms with E-state index in [-0.39, 0.29) is 0 Å². The summed E-state index contributed by atoms with van der Waals surface area (Å²) >= 11 is 0. The van der Waals surface area contributed by atoms with Gasteiger partial charge in [0.25, 0.3) is 0 Å². The Labute approximate surface area is 196 Å². The minimum Gasteiger partial charge on any atom is -0.386 e. The quantitative estimate of drug-likeness (QED) is 0.102. The predicted octanol–water partition coefficient (Wildman–Crippen LogP) is 9.71. The molecule has 0 rings (SSSR count). The molecule has 186 valence electrons. The summed E-state index contributed by atoms with van der Waals surface area (Å²) in [5.41, 5.74) is 0. The molecule has 0 amide bonds. The maximum absolute atomic E-state index is 10.3. The van der Waals surface area contributed by atoms with Gasteiger partial charge >= 0.3 is 0 Å². The van der Waals surface area contributed by atoms with Crippen LogP contribution in [0, 0.1) is 0 Å². The number of rotatable bonds is 27. The number of aliphatic hydroxyl groups excluding tert-OH is 1. The van der Waals surface area contributed by atoms with Gasteiger partial charge in [-0.15, -0.1) is 0 Å². The van der Waals surface area contributed by atoms with Gasteiger partial charge in [-0.05, 0) is 6.42 Å². The lowest BCUT2D eigenvalue weighted by molar-refractivity contribution is -0.115. The van der Waals surface area contributed by atoms with Gasteiger partial charge in [0.2, 0.25) is 0 Å². The van der Waals surface area contributed by atoms with E-state index in [4.69, 9.17) is 0 Å². The van der Waals surface area contributed by atoms with Gasteiger partial charge in [0, 0.05) is 0 Å². The molecule has 0 aliphatic carbocycles. The highest BCUT2D eigenvalue weighted by Gasteiger charge is 2.00. The summed E-state index contributed by atoms with van der Waals surface area (Å²) in [5, 5.41) is 9.17. The van der Waals surface area contributed by atoms with E-state index in [1.165, 1.54) is 148 Å². The van der Waals surface area contributed by atoms with E-state index in [1.54, 1.807) is 0 Å². The van der Waals surface area contributed by atoms with Crippen LogP contribution in [0.3, 0.4) is 0 Å². The zero-order valence-electron chi connectivity index (χ0n) is 21.4. The van der Waals surface area contributed by atoms with Crippen LogP contribution in [0.1, 0.15) is 174 Å². The minimum atomic E-state index is -0.732. The predicted molar refractivity (Wildman–Crippen MR) is 138 cm³/mol. The van der Waals surface area contributed by atoms with Gasteiger partial charge in [-0.3, -0.25) is 0 Å². The van der Waals surface area contributed by atoms with Crippen molar-refractivity contribution in [3.63, 3.8) is 0 Å². The highest BCUT2D eigenvalue weighted by atomic mass is 16.3. The van der Waals surface area contributed by atoms with E-state index < -0.39 is 6.10 Å². The topological polar surface area (TPSA) is 37.3 Å². The summed E-state index contributed by atoms with van der Waals surface area (Å²) < 4.78 is 0. The van der Waals surface area contributed by atoms with Crippen molar-refractivity contribution in [2.45, 2.75) is 180 Å². The van der Waals surface area contributed by atoms with E-state index in [9.17, 15) is 9.90 Å². The molecular formula is C29H58O2. The van der Waals surface area contributed by atoms with Crippen molar-refractivity contribution in [1.82, 2.24) is 0 Å². The Balaban J connectivity index is 3.01. The fourth-order valence-electron chi connectivity index (χ4n) is 4.56. The average molecular weight is 439 g/mol. The molecule has 0 aromatic rings. The van der Waals surface area contributed by atoms with Crippen LogP contribution in [-0.4, -0.2) is 17.5 Å². The molecule has 0 aromatic carbocycles. The summed E-state index contributed by atoms with van der Waals surface area (Å²) in [6.45, 7) is 2.29. The van der Waals surface area contributed by atoms with Crippen LogP contribution in [-0.2, 0) is 4.79 Å². The van der Waals surface area contributed by atoms with Gasteiger partial charge in [0.05, 0.1) is 0 Å². The Hall–Kier alpha value is -0.370. The Bertz CT molecular complexity index is 329. The van der Waals surface area contributed by atoms with Crippen molar-refractivity contribution >= 4 is 6.29 Å². The van der Waals surface area contributed by atoms with Gasteiger partial charge in [-0.25, -0.2) is 0 Å². The molecule has 0 spiro atoms. The van der Waals surface area contributed by atoms with Crippen LogP contribution in [0.25, 0.3) is 0 Å². The van der Waals surface area contributed by atoms with E-state index in [1.807, 2.05) is 0 Å². The molecule has 31 heavy (non-hydrogen) atoms. The standard InChI is InChI=1S/C29H58O2/c1-2-3-4-5-6-7-8-9-10-11-12-13-14-15-16-17-18-19-20-21-22-23-24-25-26-27-29(31)28-30/h28-29,31H,2-27H2,1H3. The highest BCUT2D eigenvalue weighted by Crippen LogP contribution is 2.16. The third kappa shape index (κ3) is 27.6. The molecule has 0 fully saturated rings. The van der Waals surface area contributed by atoms with Crippen molar-refractivity contribution in [3.05, 3.63) is 0 Å². The molecule has 0 bridgehead atoms. The number of aldehydes is 1. The fraction of sp³-hybridized carbons (Fsp3) is 0.966. The van der Waals surface area contributed by atoms with Crippen LogP contribution in [0.15, 0.2) is 0 Å². The van der Waals surface area contributed by atoms with E-state index >= 15 is 0 Å². The smallest absolute Gasteiger partial charge is 0.148 e. The molecule has 2 heteroatoms. The first-order valence-corrected chi connectivity index (χ1v) is 14.4. The molecule has 0 saturated heterocycles. The third-order valence-corrected chi connectivity index (χ3v) is 6.76. The first-order valence-electron chi connectivity index (χ1n) is 14.4. The number of carbonyl (C=O) groups excluding carboxylic acids is 1. The minimum absolute atomic E-state index is 0.642. The normalized spacial score (nSPS) is 12.3. The summed E-state index contributed by atoms with van der Waals surface area (Å²) in [4.78, 5) is 10.3. The van der Waals surface area contributed by atoms with Crippen molar-refractivity contribution in [1.29, 1.82) is 0 Å². The molecule has 0 aliphatic heterocycles. The summed E-state index contributed by atoms with van der Waals surface area (Å²) in [5.74, 6) is 0. The molecule has 2 nitrogen and oxygen atoms in total. The molecule has 1 N–H and O–H groups in total. The van der Waals surface area contributed by atoms with Crippen LogP contribution >= 0.6 is 0 Å². The van der Waals surface area contributed by atoms with Crippen LogP contribution in [0.5, 0.6) is 0 Å². The SMILES string of the molecule is CCCCCCCCCCCCCCCCCCCCCCCCCCCC(O)C=O. The number of unbranched alkanes of at least 4 members (excludes halogenated alkanes) is 24. The van der Waals surface area contributed by atoms with Gasteiger partial charge in [0.15, 0.2) is 0 Å². The van der Waals surface area contributed by atoms with Crippen LogP contribution in [0.2, 0.25) is 0 Å². The summed E-state index contributed by atoms with van der Waals surface area (Å²) in [6, 6.07) is 0. The molecule has 0 radical (unpaired) electrons. The monoisotopic (exact) mass is 438 g/mol. The van der Waals surface area contributed by atoms with Crippen molar-refractivity contribution in [3.8, 4) is 0 Å². The van der Waals surface area contributed by atoms with Gasteiger partial charge in [-0.1, -0.05) is 167 Å². The van der Waals surface area contributed by atoms with Crippen LogP contribution in [0.4, 0.5) is 0 Å². The Kier molecular flexibility index (Phi) is 27.3. The molecule has 1 atom stereocenters. The third-order valence-electron chi connectivity index (χ3n) is 6.76. The van der Waals surface area contributed by atoms with Crippen molar-refractivity contribution in [2.24, 2.45) is 0 Å². The lowest BCUT2D eigenvalue weighted by Crippen LogP contribution is -2.06. The van der Waals surface area contributed by atoms with Crippen molar-refractivity contribution < 1.29 is 9.90 Å². The van der Waals surface area contributed by atoms with E-state index in [0.29, 0.717) is 12.7 Å². The lowest BCUT2D eigenvalue weighted by Gasteiger charge is -2.05.